The fourth-order valence-corrected chi connectivity index (χ4v) is 4.34. The smallest absolute Gasteiger partial charge is 0.289 e. The molecule has 1 N–H and O–H groups in total. The van der Waals surface area contributed by atoms with Crippen LogP contribution in [-0.2, 0) is 11.2 Å². The second kappa shape index (κ2) is 8.61. The molecule has 0 spiro atoms. The van der Waals surface area contributed by atoms with Crippen molar-refractivity contribution in [1.29, 1.82) is 0 Å². The summed E-state index contributed by atoms with van der Waals surface area (Å²) >= 11 is 1.56. The summed E-state index contributed by atoms with van der Waals surface area (Å²) < 4.78 is 5.18. The summed E-state index contributed by atoms with van der Waals surface area (Å²) in [6.45, 7) is 3.27. The van der Waals surface area contributed by atoms with E-state index in [0.29, 0.717) is 18.8 Å². The Kier molecular flexibility index (Phi) is 5.76. The van der Waals surface area contributed by atoms with Gasteiger partial charge in [0.15, 0.2) is 5.76 Å². The van der Waals surface area contributed by atoms with E-state index >= 15 is 0 Å². The summed E-state index contributed by atoms with van der Waals surface area (Å²) in [7, 11) is 0. The Balaban J connectivity index is 1.27. The predicted molar refractivity (Wildman–Crippen MR) is 112 cm³/mol. The summed E-state index contributed by atoms with van der Waals surface area (Å²) in [6.07, 6.45) is 3.25. The Morgan fingerprint density at radius 3 is 2.79 bits per heavy atom. The van der Waals surface area contributed by atoms with Crippen LogP contribution >= 0.6 is 11.3 Å². The minimum Gasteiger partial charge on any atom is -0.459 e. The minimum atomic E-state index is -0.0917. The van der Waals surface area contributed by atoms with E-state index in [1.807, 2.05) is 17.5 Å². The lowest BCUT2D eigenvalue weighted by Gasteiger charge is -2.31. The number of hydrogen-bond donors (Lipinski definition) is 1. The number of aryl methyl sites for hydroxylation is 1. The van der Waals surface area contributed by atoms with E-state index in [-0.39, 0.29) is 24.3 Å². The molecule has 3 heterocycles. The minimum absolute atomic E-state index is 0.0260. The number of amides is 2. The van der Waals surface area contributed by atoms with Gasteiger partial charge in [-0.15, -0.1) is 11.3 Å². The van der Waals surface area contributed by atoms with Crippen LogP contribution in [0.4, 0.5) is 0 Å². The average molecular weight is 410 g/mol. The van der Waals surface area contributed by atoms with Crippen molar-refractivity contribution in [3.05, 3.63) is 65.1 Å². The SMILES string of the molecule is Cc1cccc(-c2nc(CC(=O)NC3CCN(C(=O)c4ccco4)CC3)cs2)c1. The van der Waals surface area contributed by atoms with Crippen LogP contribution in [0.15, 0.2) is 52.5 Å². The molecular weight excluding hydrogens is 386 g/mol. The fraction of sp³-hybridized carbons (Fsp3) is 0.318. The van der Waals surface area contributed by atoms with Gasteiger partial charge in [0.05, 0.1) is 18.4 Å². The molecule has 6 nitrogen and oxygen atoms in total. The molecule has 29 heavy (non-hydrogen) atoms. The maximum atomic E-state index is 12.4. The number of nitrogens with one attached hydrogen (secondary N) is 1. The van der Waals surface area contributed by atoms with Crippen molar-refractivity contribution in [1.82, 2.24) is 15.2 Å². The molecule has 0 aliphatic carbocycles. The summed E-state index contributed by atoms with van der Waals surface area (Å²) in [6, 6.07) is 11.7. The molecule has 0 radical (unpaired) electrons. The van der Waals surface area contributed by atoms with Gasteiger partial charge in [0.25, 0.3) is 5.91 Å². The monoisotopic (exact) mass is 409 g/mol. The molecule has 2 aromatic heterocycles. The third-order valence-electron chi connectivity index (χ3n) is 5.04. The number of furan rings is 1. The highest BCUT2D eigenvalue weighted by atomic mass is 32.1. The molecule has 0 unspecified atom stereocenters. The molecule has 1 aliphatic heterocycles. The Bertz CT molecular complexity index is 988. The Hall–Kier alpha value is -2.93. The number of rotatable bonds is 5. The Labute approximate surface area is 173 Å². The first kappa shape index (κ1) is 19.4. The molecule has 0 bridgehead atoms. The van der Waals surface area contributed by atoms with Gasteiger partial charge in [-0.05, 0) is 38.0 Å². The summed E-state index contributed by atoms with van der Waals surface area (Å²) in [5, 5.41) is 5.96. The first-order chi connectivity index (χ1) is 14.1. The van der Waals surface area contributed by atoms with E-state index in [1.54, 1.807) is 28.4 Å². The number of carbonyl (C=O) groups excluding carboxylic acids is 2. The van der Waals surface area contributed by atoms with E-state index in [4.69, 9.17) is 4.42 Å². The topological polar surface area (TPSA) is 75.4 Å². The molecule has 3 aromatic rings. The average Bonchev–Trinajstić information content (AvgIpc) is 3.40. The van der Waals surface area contributed by atoms with Crippen molar-refractivity contribution in [3.63, 3.8) is 0 Å². The number of carbonyl (C=O) groups is 2. The number of thiazole rings is 1. The molecular formula is C22H23N3O3S. The zero-order valence-corrected chi connectivity index (χ0v) is 17.1. The molecule has 1 aliphatic rings. The van der Waals surface area contributed by atoms with Crippen LogP contribution in [-0.4, -0.2) is 40.8 Å². The lowest BCUT2D eigenvalue weighted by molar-refractivity contribution is -0.121. The third-order valence-corrected chi connectivity index (χ3v) is 5.98. The quantitative estimate of drug-likeness (QED) is 0.698. The molecule has 1 fully saturated rings. The highest BCUT2D eigenvalue weighted by Gasteiger charge is 2.26. The van der Waals surface area contributed by atoms with E-state index in [9.17, 15) is 9.59 Å². The van der Waals surface area contributed by atoms with Gasteiger partial charge in [-0.2, -0.15) is 0 Å². The van der Waals surface area contributed by atoms with Crippen LogP contribution < -0.4 is 5.32 Å². The van der Waals surface area contributed by atoms with Crippen molar-refractivity contribution in [2.75, 3.05) is 13.1 Å². The lowest BCUT2D eigenvalue weighted by Crippen LogP contribution is -2.46. The Morgan fingerprint density at radius 2 is 2.07 bits per heavy atom. The van der Waals surface area contributed by atoms with Gasteiger partial charge in [-0.25, -0.2) is 4.98 Å². The number of likely N-dealkylation sites (tertiary alicyclic amines) is 1. The molecule has 1 aromatic carbocycles. The zero-order valence-electron chi connectivity index (χ0n) is 16.3. The lowest BCUT2D eigenvalue weighted by atomic mass is 10.0. The number of aromatic nitrogens is 1. The van der Waals surface area contributed by atoms with Gasteiger partial charge in [0.2, 0.25) is 5.91 Å². The van der Waals surface area contributed by atoms with Crippen LogP contribution in [0.2, 0.25) is 0 Å². The van der Waals surface area contributed by atoms with E-state index in [1.165, 1.54) is 11.8 Å². The first-order valence-corrected chi connectivity index (χ1v) is 10.6. The van der Waals surface area contributed by atoms with E-state index < -0.39 is 0 Å². The zero-order chi connectivity index (χ0) is 20.2. The van der Waals surface area contributed by atoms with Crippen molar-refractivity contribution in [3.8, 4) is 10.6 Å². The highest BCUT2D eigenvalue weighted by Crippen LogP contribution is 2.24. The van der Waals surface area contributed by atoms with Crippen molar-refractivity contribution in [2.24, 2.45) is 0 Å². The van der Waals surface area contributed by atoms with Crippen LogP contribution in [0, 0.1) is 6.92 Å². The summed E-state index contributed by atoms with van der Waals surface area (Å²) in [5.74, 6) is 0.244. The standard InChI is InChI=1S/C22H23N3O3S/c1-15-4-2-5-16(12-15)21-24-18(14-29-21)13-20(26)23-17-7-9-25(10-8-17)22(27)19-6-3-11-28-19/h2-6,11-12,14,17H,7-10,13H2,1H3,(H,23,26). The molecule has 7 heteroatoms. The summed E-state index contributed by atoms with van der Waals surface area (Å²) in [5.41, 5.74) is 3.05. The molecule has 150 valence electrons. The first-order valence-electron chi connectivity index (χ1n) is 9.72. The molecule has 4 rings (SSSR count). The van der Waals surface area contributed by atoms with Gasteiger partial charge < -0.3 is 14.6 Å². The van der Waals surface area contributed by atoms with Gasteiger partial charge in [0.1, 0.15) is 5.01 Å². The van der Waals surface area contributed by atoms with Crippen LogP contribution in [0.25, 0.3) is 10.6 Å². The second-order valence-electron chi connectivity index (χ2n) is 7.30. The van der Waals surface area contributed by atoms with Crippen molar-refractivity contribution >= 4 is 23.2 Å². The number of benzene rings is 1. The van der Waals surface area contributed by atoms with E-state index in [2.05, 4.69) is 29.4 Å². The van der Waals surface area contributed by atoms with Crippen molar-refractivity contribution < 1.29 is 14.0 Å². The summed E-state index contributed by atoms with van der Waals surface area (Å²) in [4.78, 5) is 31.1. The normalized spacial score (nSPS) is 14.7. The maximum absolute atomic E-state index is 12.4. The fourth-order valence-electron chi connectivity index (χ4n) is 3.53. The van der Waals surface area contributed by atoms with Crippen molar-refractivity contribution in [2.45, 2.75) is 32.2 Å². The van der Waals surface area contributed by atoms with Gasteiger partial charge in [-0.1, -0.05) is 23.8 Å². The number of nitrogens with zero attached hydrogens (tertiary/aromatic N) is 2. The Morgan fingerprint density at radius 1 is 1.24 bits per heavy atom. The molecule has 2 amide bonds. The number of hydrogen-bond acceptors (Lipinski definition) is 5. The van der Waals surface area contributed by atoms with Gasteiger partial charge in [-0.3, -0.25) is 9.59 Å². The number of piperidine rings is 1. The van der Waals surface area contributed by atoms with Gasteiger partial charge >= 0.3 is 0 Å². The third kappa shape index (κ3) is 4.74. The van der Waals surface area contributed by atoms with Crippen LogP contribution in [0.5, 0.6) is 0 Å². The van der Waals surface area contributed by atoms with Crippen LogP contribution in [0.1, 0.15) is 34.7 Å². The molecule has 1 saturated heterocycles. The second-order valence-corrected chi connectivity index (χ2v) is 8.16. The highest BCUT2D eigenvalue weighted by molar-refractivity contribution is 7.13. The largest absolute Gasteiger partial charge is 0.459 e. The maximum Gasteiger partial charge on any atom is 0.289 e. The van der Waals surface area contributed by atoms with E-state index in [0.717, 1.165) is 29.1 Å². The molecule has 0 atom stereocenters. The van der Waals surface area contributed by atoms with Crippen LogP contribution in [0.3, 0.4) is 0 Å². The molecule has 0 saturated carbocycles. The predicted octanol–water partition coefficient (Wildman–Crippen LogP) is 3.68. The van der Waals surface area contributed by atoms with Gasteiger partial charge in [0, 0.05) is 30.1 Å².